The van der Waals surface area contributed by atoms with Gasteiger partial charge in [0.05, 0.1) is 52.0 Å². The zero-order valence-corrected chi connectivity index (χ0v) is 28.9. The summed E-state index contributed by atoms with van der Waals surface area (Å²) in [6, 6.07) is 7.01. The number of rotatable bonds is 12. The van der Waals surface area contributed by atoms with Crippen molar-refractivity contribution in [1.29, 1.82) is 0 Å². The van der Waals surface area contributed by atoms with Crippen molar-refractivity contribution in [2.75, 3.05) is 20.8 Å². The first-order chi connectivity index (χ1) is 21.7. The molecule has 0 spiro atoms. The average molecular weight is 652 g/mol. The number of nitrogens with one attached hydrogen (secondary N) is 1. The lowest BCUT2D eigenvalue weighted by molar-refractivity contribution is -0.143. The molecule has 0 saturated heterocycles. The molecule has 0 aliphatic heterocycles. The minimum Gasteiger partial charge on any atom is -0.467 e. The zero-order valence-electron chi connectivity index (χ0n) is 28.1. The number of alkyl carbamates (subject to hydrolysis) is 1. The van der Waals surface area contributed by atoms with E-state index >= 15 is 0 Å². The Balaban J connectivity index is 1.79. The summed E-state index contributed by atoms with van der Waals surface area (Å²) >= 11 is 1.37. The fraction of sp³-hybridized carbons (Fsp3) is 0.500. The van der Waals surface area contributed by atoms with E-state index in [2.05, 4.69) is 28.9 Å². The van der Waals surface area contributed by atoms with Gasteiger partial charge in [-0.05, 0) is 70.7 Å². The standard InChI is InChI=1S/C34H45N5O6S/c1-10-39-26-14-13-23(25-18-46-27(36-25)16-24(31(41)44-9)38-32(42)45-33(3,4)5)37-29(26)22(17-34(6,7)19-40)30(39)21-12-11-15-35-28(21)20(2)43-8/h11-15,18,20,24,40H,10,16-17,19H2,1-9H3,(H,38,42)/t20-,24?/m0/s1. The van der Waals surface area contributed by atoms with E-state index in [9.17, 15) is 14.7 Å². The van der Waals surface area contributed by atoms with Gasteiger partial charge in [0.2, 0.25) is 0 Å². The van der Waals surface area contributed by atoms with Gasteiger partial charge in [0, 0.05) is 49.4 Å². The molecule has 0 saturated carbocycles. The van der Waals surface area contributed by atoms with Crippen LogP contribution < -0.4 is 5.32 Å². The number of hydrogen-bond donors (Lipinski definition) is 2. The van der Waals surface area contributed by atoms with Crippen LogP contribution in [0.4, 0.5) is 4.79 Å². The minimum atomic E-state index is -0.967. The Morgan fingerprint density at radius 1 is 1.09 bits per heavy atom. The summed E-state index contributed by atoms with van der Waals surface area (Å²) in [6.45, 7) is 14.1. The second kappa shape index (κ2) is 14.3. The molecule has 0 fully saturated rings. The molecule has 0 bridgehead atoms. The van der Waals surface area contributed by atoms with Crippen LogP contribution in [0.2, 0.25) is 0 Å². The lowest BCUT2D eigenvalue weighted by Crippen LogP contribution is -2.45. The predicted molar refractivity (Wildman–Crippen MR) is 179 cm³/mol. The largest absolute Gasteiger partial charge is 0.467 e. The van der Waals surface area contributed by atoms with Gasteiger partial charge in [-0.15, -0.1) is 11.3 Å². The smallest absolute Gasteiger partial charge is 0.408 e. The van der Waals surface area contributed by atoms with Crippen molar-refractivity contribution in [3.8, 4) is 22.6 Å². The van der Waals surface area contributed by atoms with Gasteiger partial charge < -0.3 is 29.2 Å². The van der Waals surface area contributed by atoms with Crippen molar-refractivity contribution < 1.29 is 28.9 Å². The molecular formula is C34H45N5O6S. The van der Waals surface area contributed by atoms with Gasteiger partial charge in [0.15, 0.2) is 0 Å². The van der Waals surface area contributed by atoms with Gasteiger partial charge in [-0.1, -0.05) is 13.8 Å². The van der Waals surface area contributed by atoms with E-state index in [1.165, 1.54) is 18.4 Å². The number of carbonyl (C=O) groups is 2. The molecule has 4 rings (SSSR count). The molecule has 4 aromatic heterocycles. The highest BCUT2D eigenvalue weighted by atomic mass is 32.1. The highest BCUT2D eigenvalue weighted by molar-refractivity contribution is 7.10. The average Bonchev–Trinajstić information content (AvgIpc) is 3.60. The van der Waals surface area contributed by atoms with E-state index in [0.29, 0.717) is 29.4 Å². The van der Waals surface area contributed by atoms with Gasteiger partial charge in [0.25, 0.3) is 0 Å². The highest BCUT2D eigenvalue weighted by Gasteiger charge is 2.29. The van der Waals surface area contributed by atoms with Gasteiger partial charge in [0.1, 0.15) is 11.6 Å². The van der Waals surface area contributed by atoms with Crippen molar-refractivity contribution in [1.82, 2.24) is 24.8 Å². The summed E-state index contributed by atoms with van der Waals surface area (Å²) in [5, 5.41) is 15.4. The fourth-order valence-electron chi connectivity index (χ4n) is 5.30. The van der Waals surface area contributed by atoms with E-state index < -0.39 is 29.1 Å². The van der Waals surface area contributed by atoms with Crippen molar-refractivity contribution in [2.24, 2.45) is 5.41 Å². The summed E-state index contributed by atoms with van der Waals surface area (Å²) in [5.74, 6) is -0.593. The number of methoxy groups -OCH3 is 2. The number of aromatic nitrogens is 4. The maximum Gasteiger partial charge on any atom is 0.408 e. The number of esters is 1. The molecule has 4 aromatic rings. The van der Waals surface area contributed by atoms with Crippen LogP contribution in [-0.2, 0) is 38.4 Å². The maximum absolute atomic E-state index is 12.5. The molecule has 0 aliphatic carbocycles. The summed E-state index contributed by atoms with van der Waals surface area (Å²) in [7, 11) is 2.94. The Bertz CT molecular complexity index is 1690. The van der Waals surface area contributed by atoms with Gasteiger partial charge >= 0.3 is 12.1 Å². The molecule has 2 atom stereocenters. The third-order valence-electron chi connectivity index (χ3n) is 7.61. The van der Waals surface area contributed by atoms with Crippen LogP contribution in [0.1, 0.15) is 70.8 Å². The van der Waals surface area contributed by atoms with Crippen LogP contribution in [0.25, 0.3) is 33.7 Å². The van der Waals surface area contributed by atoms with Crippen LogP contribution in [-0.4, -0.2) is 69.2 Å². The number of thiazole rings is 1. The molecule has 1 amide bonds. The van der Waals surface area contributed by atoms with E-state index in [1.807, 2.05) is 38.3 Å². The number of aliphatic hydroxyl groups is 1. The highest BCUT2D eigenvalue weighted by Crippen LogP contribution is 2.40. The maximum atomic E-state index is 12.5. The third kappa shape index (κ3) is 7.91. The Morgan fingerprint density at radius 2 is 1.83 bits per heavy atom. The first-order valence-corrected chi connectivity index (χ1v) is 16.2. The number of amides is 1. The number of carbonyl (C=O) groups excluding carboxylic acids is 2. The fourth-order valence-corrected chi connectivity index (χ4v) is 6.14. The second-order valence-electron chi connectivity index (χ2n) is 13.0. The van der Waals surface area contributed by atoms with E-state index in [1.54, 1.807) is 34.1 Å². The summed E-state index contributed by atoms with van der Waals surface area (Å²) in [6.07, 6.45) is 1.54. The number of pyridine rings is 2. The molecule has 2 N–H and O–H groups in total. The Kier molecular flexibility index (Phi) is 10.9. The van der Waals surface area contributed by atoms with Gasteiger partial charge in [-0.3, -0.25) is 4.98 Å². The number of hydrogen-bond acceptors (Lipinski definition) is 10. The van der Waals surface area contributed by atoms with Crippen LogP contribution in [0.5, 0.6) is 0 Å². The third-order valence-corrected chi connectivity index (χ3v) is 8.48. The Labute approximate surface area is 274 Å². The number of aryl methyl sites for hydroxylation is 1. The van der Waals surface area contributed by atoms with Crippen LogP contribution >= 0.6 is 11.3 Å². The monoisotopic (exact) mass is 651 g/mol. The van der Waals surface area contributed by atoms with Crippen molar-refractivity contribution in [2.45, 2.75) is 85.6 Å². The molecule has 0 aliphatic rings. The SMILES string of the molecule is CCn1c(-c2cccnc2[C@H](C)OC)c(CC(C)(C)CO)c2nc(-c3csc(CC(NC(=O)OC(C)(C)C)C(=O)OC)n3)ccc21. The first kappa shape index (κ1) is 35.0. The molecule has 248 valence electrons. The number of fused-ring (bicyclic) bond motifs is 1. The lowest BCUT2D eigenvalue weighted by atomic mass is 9.85. The van der Waals surface area contributed by atoms with E-state index in [0.717, 1.165) is 33.5 Å². The lowest BCUT2D eigenvalue weighted by Gasteiger charge is -2.23. The summed E-state index contributed by atoms with van der Waals surface area (Å²) in [5.41, 5.74) is 5.79. The molecule has 1 unspecified atom stereocenters. The Morgan fingerprint density at radius 3 is 2.46 bits per heavy atom. The molecule has 12 heteroatoms. The zero-order chi connectivity index (χ0) is 33.8. The van der Waals surface area contributed by atoms with E-state index in [-0.39, 0.29) is 19.1 Å². The topological polar surface area (TPSA) is 138 Å². The normalized spacial score (nSPS) is 13.4. The number of aliphatic hydroxyl groups excluding tert-OH is 1. The Hall–Kier alpha value is -3.87. The quantitative estimate of drug-likeness (QED) is 0.174. The molecule has 4 heterocycles. The molecule has 0 radical (unpaired) electrons. The first-order valence-electron chi connectivity index (χ1n) is 15.3. The number of ether oxygens (including phenoxy) is 3. The second-order valence-corrected chi connectivity index (χ2v) is 13.9. The molecular weight excluding hydrogens is 606 g/mol. The van der Waals surface area contributed by atoms with Crippen molar-refractivity contribution in [3.05, 3.63) is 52.1 Å². The van der Waals surface area contributed by atoms with Crippen LogP contribution in [0.3, 0.4) is 0 Å². The van der Waals surface area contributed by atoms with Crippen LogP contribution in [0, 0.1) is 5.41 Å². The number of nitrogens with zero attached hydrogens (tertiary/aromatic N) is 4. The predicted octanol–water partition coefficient (Wildman–Crippen LogP) is 6.12. The van der Waals surface area contributed by atoms with E-state index in [4.69, 9.17) is 29.2 Å². The molecule has 46 heavy (non-hydrogen) atoms. The molecule has 11 nitrogen and oxygen atoms in total. The summed E-state index contributed by atoms with van der Waals surface area (Å²) < 4.78 is 18.2. The summed E-state index contributed by atoms with van der Waals surface area (Å²) in [4.78, 5) is 39.6. The van der Waals surface area contributed by atoms with Crippen LogP contribution in [0.15, 0.2) is 35.8 Å². The van der Waals surface area contributed by atoms with Gasteiger partial charge in [-0.2, -0.15) is 0 Å². The van der Waals surface area contributed by atoms with Crippen molar-refractivity contribution >= 4 is 34.4 Å². The minimum absolute atomic E-state index is 0.00738. The van der Waals surface area contributed by atoms with Crippen molar-refractivity contribution in [3.63, 3.8) is 0 Å². The van der Waals surface area contributed by atoms with Gasteiger partial charge in [-0.25, -0.2) is 19.6 Å². The molecule has 0 aromatic carbocycles.